The fourth-order valence-electron chi connectivity index (χ4n) is 2.30. The third-order valence-electron chi connectivity index (χ3n) is 3.39. The second kappa shape index (κ2) is 7.98. The molecule has 2 aromatic rings. The smallest absolute Gasteiger partial charge is 0.341 e. The highest BCUT2D eigenvalue weighted by Gasteiger charge is 2.18. The Morgan fingerprint density at radius 1 is 1.13 bits per heavy atom. The van der Waals surface area contributed by atoms with E-state index in [2.05, 4.69) is 5.32 Å². The van der Waals surface area contributed by atoms with E-state index >= 15 is 0 Å². The number of ether oxygens (including phenoxy) is 1. The third-order valence-corrected chi connectivity index (χ3v) is 3.39. The predicted molar refractivity (Wildman–Crippen MR) is 87.7 cm³/mol. The van der Waals surface area contributed by atoms with Crippen LogP contribution in [0.4, 0.5) is 5.69 Å². The van der Waals surface area contributed by atoms with Gasteiger partial charge < -0.3 is 15.2 Å². The van der Waals surface area contributed by atoms with Gasteiger partial charge >= 0.3 is 5.97 Å². The normalized spacial score (nSPS) is 11.5. The SMILES string of the molecule is CC[C@@H](C(=O)Nc1cccc(OCC(=O)O)c1)c1ccccc1. The molecule has 0 aliphatic rings. The molecule has 0 saturated heterocycles. The molecule has 0 radical (unpaired) electrons. The van der Waals surface area contributed by atoms with Gasteiger partial charge in [0.2, 0.25) is 5.91 Å². The van der Waals surface area contributed by atoms with Gasteiger partial charge in [-0.3, -0.25) is 4.79 Å². The molecule has 2 aromatic carbocycles. The lowest BCUT2D eigenvalue weighted by Crippen LogP contribution is -2.20. The van der Waals surface area contributed by atoms with Gasteiger partial charge in [0.1, 0.15) is 5.75 Å². The number of carboxylic acid groups (broad SMARTS) is 1. The van der Waals surface area contributed by atoms with Crippen molar-refractivity contribution >= 4 is 17.6 Å². The molecule has 5 nitrogen and oxygen atoms in total. The highest BCUT2D eigenvalue weighted by Crippen LogP contribution is 2.23. The second-order valence-corrected chi connectivity index (χ2v) is 5.07. The first-order valence-corrected chi connectivity index (χ1v) is 7.40. The van der Waals surface area contributed by atoms with Gasteiger partial charge in [-0.2, -0.15) is 0 Å². The van der Waals surface area contributed by atoms with Crippen LogP contribution >= 0.6 is 0 Å². The van der Waals surface area contributed by atoms with E-state index in [0.717, 1.165) is 5.56 Å². The predicted octanol–water partition coefficient (Wildman–Crippen LogP) is 3.28. The summed E-state index contributed by atoms with van der Waals surface area (Å²) in [6.45, 7) is 1.54. The maximum absolute atomic E-state index is 12.5. The summed E-state index contributed by atoms with van der Waals surface area (Å²) in [6.07, 6.45) is 0.686. The Kier molecular flexibility index (Phi) is 5.74. The van der Waals surface area contributed by atoms with Crippen molar-refractivity contribution < 1.29 is 19.4 Å². The second-order valence-electron chi connectivity index (χ2n) is 5.07. The van der Waals surface area contributed by atoms with Crippen LogP contribution < -0.4 is 10.1 Å². The summed E-state index contributed by atoms with van der Waals surface area (Å²) in [4.78, 5) is 23.0. The number of carbonyl (C=O) groups excluding carboxylic acids is 1. The van der Waals surface area contributed by atoms with Crippen LogP contribution in [0.15, 0.2) is 54.6 Å². The maximum atomic E-state index is 12.5. The molecule has 0 aromatic heterocycles. The van der Waals surface area contributed by atoms with Crippen LogP contribution in [-0.2, 0) is 9.59 Å². The molecule has 1 amide bonds. The third kappa shape index (κ3) is 4.85. The summed E-state index contributed by atoms with van der Waals surface area (Å²) in [7, 11) is 0. The van der Waals surface area contributed by atoms with E-state index < -0.39 is 12.6 Å². The largest absolute Gasteiger partial charge is 0.482 e. The monoisotopic (exact) mass is 313 g/mol. The molecule has 5 heteroatoms. The van der Waals surface area contributed by atoms with Crippen molar-refractivity contribution in [2.24, 2.45) is 0 Å². The number of carboxylic acids is 1. The molecule has 0 fully saturated rings. The van der Waals surface area contributed by atoms with Crippen LogP contribution in [0.5, 0.6) is 5.75 Å². The van der Waals surface area contributed by atoms with Gasteiger partial charge in [-0.25, -0.2) is 4.79 Å². The molecular formula is C18H19NO4. The van der Waals surface area contributed by atoms with Crippen LogP contribution in [-0.4, -0.2) is 23.6 Å². The van der Waals surface area contributed by atoms with Crippen LogP contribution in [0.3, 0.4) is 0 Å². The molecular weight excluding hydrogens is 294 g/mol. The Balaban J connectivity index is 2.07. The molecule has 2 N–H and O–H groups in total. The van der Waals surface area contributed by atoms with Crippen molar-refractivity contribution in [3.8, 4) is 5.75 Å². The first-order valence-electron chi connectivity index (χ1n) is 7.40. The number of anilines is 1. The summed E-state index contributed by atoms with van der Waals surface area (Å²) in [6, 6.07) is 16.3. The average Bonchev–Trinajstić information content (AvgIpc) is 2.55. The quantitative estimate of drug-likeness (QED) is 0.822. The first kappa shape index (κ1) is 16.5. The first-order chi connectivity index (χ1) is 11.1. The average molecular weight is 313 g/mol. The van der Waals surface area contributed by atoms with Crippen molar-refractivity contribution in [2.45, 2.75) is 19.3 Å². The minimum absolute atomic E-state index is 0.103. The Morgan fingerprint density at radius 2 is 1.87 bits per heavy atom. The number of amides is 1. The number of benzene rings is 2. The Bertz CT molecular complexity index is 670. The number of aliphatic carboxylic acids is 1. The van der Waals surface area contributed by atoms with Crippen molar-refractivity contribution in [1.82, 2.24) is 0 Å². The fraction of sp³-hybridized carbons (Fsp3) is 0.222. The van der Waals surface area contributed by atoms with Crippen molar-refractivity contribution in [3.05, 3.63) is 60.2 Å². The van der Waals surface area contributed by atoms with E-state index in [-0.39, 0.29) is 11.8 Å². The zero-order valence-corrected chi connectivity index (χ0v) is 12.9. The topological polar surface area (TPSA) is 75.6 Å². The van der Waals surface area contributed by atoms with Crippen molar-refractivity contribution in [1.29, 1.82) is 0 Å². The summed E-state index contributed by atoms with van der Waals surface area (Å²) < 4.78 is 5.11. The zero-order chi connectivity index (χ0) is 16.7. The Morgan fingerprint density at radius 3 is 2.52 bits per heavy atom. The molecule has 1 atom stereocenters. The molecule has 0 unspecified atom stereocenters. The summed E-state index contributed by atoms with van der Waals surface area (Å²) in [5.74, 6) is -0.985. The van der Waals surface area contributed by atoms with Crippen molar-refractivity contribution in [2.75, 3.05) is 11.9 Å². The van der Waals surface area contributed by atoms with Gasteiger partial charge in [0.25, 0.3) is 0 Å². The Labute approximate surface area is 134 Å². The highest BCUT2D eigenvalue weighted by molar-refractivity contribution is 5.96. The minimum atomic E-state index is -1.05. The fourth-order valence-corrected chi connectivity index (χ4v) is 2.30. The van der Waals surface area contributed by atoms with Gasteiger partial charge in [0, 0.05) is 11.8 Å². The lowest BCUT2D eigenvalue weighted by molar-refractivity contribution is -0.139. The number of hydrogen-bond donors (Lipinski definition) is 2. The lowest BCUT2D eigenvalue weighted by atomic mass is 9.95. The van der Waals surface area contributed by atoms with Crippen LogP contribution in [0.2, 0.25) is 0 Å². The molecule has 120 valence electrons. The zero-order valence-electron chi connectivity index (χ0n) is 12.9. The van der Waals surface area contributed by atoms with E-state index in [1.54, 1.807) is 24.3 Å². The van der Waals surface area contributed by atoms with E-state index in [1.165, 1.54) is 0 Å². The van der Waals surface area contributed by atoms with Gasteiger partial charge in [-0.05, 0) is 24.1 Å². The molecule has 0 aliphatic carbocycles. The van der Waals surface area contributed by atoms with E-state index in [9.17, 15) is 9.59 Å². The molecule has 0 aliphatic heterocycles. The minimum Gasteiger partial charge on any atom is -0.482 e. The van der Waals surface area contributed by atoms with E-state index in [0.29, 0.717) is 17.9 Å². The van der Waals surface area contributed by atoms with Crippen molar-refractivity contribution in [3.63, 3.8) is 0 Å². The highest BCUT2D eigenvalue weighted by atomic mass is 16.5. The molecule has 23 heavy (non-hydrogen) atoms. The van der Waals surface area contributed by atoms with Crippen LogP contribution in [0, 0.1) is 0 Å². The van der Waals surface area contributed by atoms with E-state index in [1.807, 2.05) is 37.3 Å². The Hall–Kier alpha value is -2.82. The summed E-state index contributed by atoms with van der Waals surface area (Å²) in [5, 5.41) is 11.5. The molecule has 0 heterocycles. The molecule has 0 spiro atoms. The lowest BCUT2D eigenvalue weighted by Gasteiger charge is -2.16. The number of nitrogens with one attached hydrogen (secondary N) is 1. The number of hydrogen-bond acceptors (Lipinski definition) is 3. The molecule has 0 bridgehead atoms. The van der Waals surface area contributed by atoms with Gasteiger partial charge in [0.15, 0.2) is 6.61 Å². The summed E-state index contributed by atoms with van der Waals surface area (Å²) in [5.41, 5.74) is 1.54. The maximum Gasteiger partial charge on any atom is 0.341 e. The van der Waals surface area contributed by atoms with E-state index in [4.69, 9.17) is 9.84 Å². The standard InChI is InChI=1S/C18H19NO4/c1-2-16(13-7-4-3-5-8-13)18(22)19-14-9-6-10-15(11-14)23-12-17(20)21/h3-11,16H,2,12H2,1H3,(H,19,22)(H,20,21)/t16-/m1/s1. The molecule has 2 rings (SSSR count). The summed E-state index contributed by atoms with van der Waals surface area (Å²) >= 11 is 0. The van der Waals surface area contributed by atoms with Gasteiger partial charge in [-0.15, -0.1) is 0 Å². The van der Waals surface area contributed by atoms with Gasteiger partial charge in [-0.1, -0.05) is 43.3 Å². The molecule has 0 saturated carbocycles. The van der Waals surface area contributed by atoms with Crippen LogP contribution in [0.25, 0.3) is 0 Å². The van der Waals surface area contributed by atoms with Crippen LogP contribution in [0.1, 0.15) is 24.8 Å². The number of carbonyl (C=O) groups is 2. The van der Waals surface area contributed by atoms with Gasteiger partial charge in [0.05, 0.1) is 5.92 Å². The number of rotatable bonds is 7.